The van der Waals surface area contributed by atoms with E-state index in [0.717, 1.165) is 0 Å². The highest BCUT2D eigenvalue weighted by Gasteiger charge is 2.57. The van der Waals surface area contributed by atoms with Gasteiger partial charge in [0.05, 0.1) is 0 Å². The molecule has 182 valence electrons. The zero-order valence-electron chi connectivity index (χ0n) is 19.6. The second kappa shape index (κ2) is 9.88. The van der Waals surface area contributed by atoms with Gasteiger partial charge in [-0.1, -0.05) is 61.0 Å². The van der Waals surface area contributed by atoms with Crippen LogP contribution in [0.5, 0.6) is 0 Å². The molecule has 4 nitrogen and oxygen atoms in total. The molecule has 6 saturated carbocycles. The Morgan fingerprint density at radius 2 is 0.688 bits per heavy atom. The van der Waals surface area contributed by atoms with Gasteiger partial charge in [-0.25, -0.2) is 18.5 Å². The Labute approximate surface area is 206 Å². The highest BCUT2D eigenvalue weighted by Crippen LogP contribution is 2.75. The Kier molecular flexibility index (Phi) is 7.26. The number of nitrogens with zero attached hydrogens (tertiary/aromatic N) is 4. The Balaban J connectivity index is 1.53. The third-order valence-corrected chi connectivity index (χ3v) is 16.3. The Morgan fingerprint density at radius 1 is 0.469 bits per heavy atom. The molecule has 6 fully saturated rings. The molecule has 0 spiro atoms. The van der Waals surface area contributed by atoms with Crippen LogP contribution in [0.1, 0.15) is 116 Å². The first-order valence-corrected chi connectivity index (χ1v) is 18.5. The van der Waals surface area contributed by atoms with Gasteiger partial charge in [0.2, 0.25) is 6.78 Å². The van der Waals surface area contributed by atoms with Gasteiger partial charge in [0.15, 0.2) is 7.51 Å². The molecule has 0 radical (unpaired) electrons. The molecule has 8 heteroatoms. The van der Waals surface area contributed by atoms with Crippen molar-refractivity contribution in [1.29, 1.82) is 0 Å². The van der Waals surface area contributed by atoms with E-state index in [1.54, 1.807) is 0 Å². The van der Waals surface area contributed by atoms with E-state index in [-0.39, 0.29) is 0 Å². The first-order chi connectivity index (χ1) is 15.7. The lowest BCUT2D eigenvalue weighted by atomic mass is 9.87. The Hall–Kier alpha value is 1.12. The van der Waals surface area contributed by atoms with E-state index in [1.807, 2.05) is 0 Å². The number of rotatable bonds is 10. The second-order valence-electron chi connectivity index (χ2n) is 11.5. The smallest absolute Gasteiger partial charge is 0.209 e. The zero-order valence-corrected chi connectivity index (χ0v) is 22.9. The molecule has 0 bridgehead atoms. The molecular formula is C24H42Cl2N4P2. The summed E-state index contributed by atoms with van der Waals surface area (Å²) in [5.74, 6) is 0. The van der Waals surface area contributed by atoms with E-state index in [9.17, 15) is 0 Å². The Bertz CT molecular complexity index is 585. The number of hydrogen-bond acceptors (Lipinski definition) is 1. The molecule has 0 aromatic heterocycles. The highest BCUT2D eigenvalue weighted by molar-refractivity contribution is 8.04. The molecule has 0 unspecified atom stereocenters. The van der Waals surface area contributed by atoms with Crippen LogP contribution in [-0.4, -0.2) is 50.3 Å². The van der Waals surface area contributed by atoms with Crippen LogP contribution in [0.3, 0.4) is 0 Å². The van der Waals surface area contributed by atoms with Gasteiger partial charge in [-0.3, -0.25) is 0 Å². The van der Waals surface area contributed by atoms with Crippen molar-refractivity contribution in [2.45, 2.75) is 152 Å². The lowest BCUT2D eigenvalue weighted by Crippen LogP contribution is -2.62. The van der Waals surface area contributed by atoms with Gasteiger partial charge < -0.3 is 0 Å². The molecule has 32 heavy (non-hydrogen) atoms. The Morgan fingerprint density at radius 3 is 0.812 bits per heavy atom. The van der Waals surface area contributed by atoms with Crippen LogP contribution >= 0.6 is 36.8 Å². The van der Waals surface area contributed by atoms with E-state index in [4.69, 9.17) is 27.0 Å². The van der Waals surface area contributed by atoms with Gasteiger partial charge in [-0.15, -0.1) is 0 Å². The summed E-state index contributed by atoms with van der Waals surface area (Å²) >= 11 is 13.6. The lowest BCUT2D eigenvalue weighted by Gasteiger charge is -2.66. The summed E-state index contributed by atoms with van der Waals surface area (Å²) in [6.45, 7) is -1.33. The molecular weight excluding hydrogens is 477 g/mol. The summed E-state index contributed by atoms with van der Waals surface area (Å²) in [5.41, 5.74) is 0. The minimum absolute atomic E-state index is 0.714. The van der Waals surface area contributed by atoms with Crippen molar-refractivity contribution < 1.29 is 0 Å². The SMILES string of the molecule is ClP(Cl)N=P(N(C1CCC1)C1CCC1)(N(C1CCC1)C1CCC1)N(C1CCC1)C1CCC1. The second-order valence-corrected chi connectivity index (χ2v) is 17.5. The van der Waals surface area contributed by atoms with Crippen LogP contribution in [0.15, 0.2) is 4.52 Å². The zero-order chi connectivity index (χ0) is 21.7. The average Bonchev–Trinajstić information content (AvgIpc) is 2.48. The molecule has 6 rings (SSSR count). The molecule has 6 aliphatic carbocycles. The third kappa shape index (κ3) is 3.99. The van der Waals surface area contributed by atoms with Gasteiger partial charge in [0.25, 0.3) is 0 Å². The van der Waals surface area contributed by atoms with Crippen molar-refractivity contribution in [2.75, 3.05) is 0 Å². The molecule has 0 saturated heterocycles. The standard InChI is InChI=1S/C24H42Cl2N4P2/c25-31(26)27-32(28(19-7-1-8-19)20-9-2-10-20,29(21-11-3-12-21)22-13-4-14-22)30(23-15-5-16-23)24-17-6-18-24/h19-24H,1-18H2. The largest absolute Gasteiger partial charge is 0.239 e. The van der Waals surface area contributed by atoms with Gasteiger partial charge in [0, 0.05) is 36.3 Å². The first-order valence-electron chi connectivity index (χ1n) is 13.8. The first kappa shape index (κ1) is 23.5. The lowest BCUT2D eigenvalue weighted by molar-refractivity contribution is 0.0405. The monoisotopic (exact) mass is 518 g/mol. The van der Waals surface area contributed by atoms with E-state index in [0.29, 0.717) is 36.3 Å². The summed E-state index contributed by atoms with van der Waals surface area (Å²) in [7, 11) is -2.12. The van der Waals surface area contributed by atoms with Crippen LogP contribution in [0.2, 0.25) is 0 Å². The maximum Gasteiger partial charge on any atom is 0.209 e. The van der Waals surface area contributed by atoms with Crippen molar-refractivity contribution in [3.05, 3.63) is 0 Å². The van der Waals surface area contributed by atoms with Gasteiger partial charge in [-0.2, -0.15) is 0 Å². The fourth-order valence-corrected chi connectivity index (χ4v) is 14.9. The molecule has 0 atom stereocenters. The fraction of sp³-hybridized carbons (Fsp3) is 1.00. The topological polar surface area (TPSA) is 22.1 Å². The predicted octanol–water partition coefficient (Wildman–Crippen LogP) is 8.86. The summed E-state index contributed by atoms with van der Waals surface area (Å²) in [6, 6.07) is 4.28. The molecule has 0 heterocycles. The minimum Gasteiger partial charge on any atom is -0.239 e. The number of halogens is 2. The van der Waals surface area contributed by atoms with Gasteiger partial charge in [-0.05, 0) is 77.0 Å². The molecule has 6 aliphatic rings. The number of hydrogen-bond donors (Lipinski definition) is 0. The van der Waals surface area contributed by atoms with Crippen molar-refractivity contribution in [3.63, 3.8) is 0 Å². The van der Waals surface area contributed by atoms with Gasteiger partial charge >= 0.3 is 0 Å². The van der Waals surface area contributed by atoms with Crippen molar-refractivity contribution in [3.8, 4) is 0 Å². The summed E-state index contributed by atoms with van der Waals surface area (Å²) in [6.07, 6.45) is 24.7. The third-order valence-electron chi connectivity index (χ3n) is 9.81. The van der Waals surface area contributed by atoms with Crippen LogP contribution in [0.4, 0.5) is 0 Å². The highest BCUT2D eigenvalue weighted by atomic mass is 35.9. The molecule has 0 N–H and O–H groups in total. The van der Waals surface area contributed by atoms with E-state index < -0.39 is 14.3 Å². The average molecular weight is 519 g/mol. The van der Waals surface area contributed by atoms with Gasteiger partial charge in [0.1, 0.15) is 0 Å². The van der Waals surface area contributed by atoms with E-state index in [1.165, 1.54) is 116 Å². The summed E-state index contributed by atoms with van der Waals surface area (Å²) in [5, 5.41) is 0. The summed E-state index contributed by atoms with van der Waals surface area (Å²) in [4.78, 5) is 0. The predicted molar refractivity (Wildman–Crippen MR) is 139 cm³/mol. The van der Waals surface area contributed by atoms with Crippen LogP contribution in [0, 0.1) is 0 Å². The molecule has 0 aromatic rings. The maximum absolute atomic E-state index is 6.80. The van der Waals surface area contributed by atoms with Crippen molar-refractivity contribution in [2.24, 2.45) is 4.52 Å². The minimum atomic E-state index is -2.12. The van der Waals surface area contributed by atoms with Crippen molar-refractivity contribution in [1.82, 2.24) is 14.0 Å². The van der Waals surface area contributed by atoms with Crippen molar-refractivity contribution >= 4 is 36.8 Å². The summed E-state index contributed by atoms with van der Waals surface area (Å²) < 4.78 is 14.9. The normalized spacial score (nSPS) is 28.9. The quantitative estimate of drug-likeness (QED) is 0.269. The van der Waals surface area contributed by atoms with E-state index >= 15 is 0 Å². The molecule has 0 amide bonds. The molecule has 0 aliphatic heterocycles. The van der Waals surface area contributed by atoms with E-state index in [2.05, 4.69) is 14.0 Å². The van der Waals surface area contributed by atoms with Crippen LogP contribution in [-0.2, 0) is 0 Å². The fourth-order valence-electron chi connectivity index (χ4n) is 6.70. The maximum atomic E-state index is 6.80. The van der Waals surface area contributed by atoms with Crippen LogP contribution < -0.4 is 0 Å². The van der Waals surface area contributed by atoms with Crippen LogP contribution in [0.25, 0.3) is 0 Å². The molecule has 0 aromatic carbocycles.